The monoisotopic (exact) mass is 319 g/mol. The van der Waals surface area contributed by atoms with E-state index in [0.717, 1.165) is 11.8 Å². The quantitative estimate of drug-likeness (QED) is 0.429. The van der Waals surface area contributed by atoms with Crippen LogP contribution in [0.1, 0.15) is 6.42 Å². The molecular weight excluding hydrogens is 302 g/mol. The van der Waals surface area contributed by atoms with Crippen LogP contribution in [0, 0.1) is 10.1 Å². The van der Waals surface area contributed by atoms with E-state index >= 15 is 0 Å². The van der Waals surface area contributed by atoms with E-state index in [2.05, 4.69) is 10.0 Å². The molecule has 0 heterocycles. The third kappa shape index (κ3) is 4.36. The van der Waals surface area contributed by atoms with Crippen molar-refractivity contribution >= 4 is 33.2 Å². The molecule has 7 nitrogen and oxygen atoms in total. The summed E-state index contributed by atoms with van der Waals surface area (Å²) in [5.41, 5.74) is 0.0708. The predicted molar refractivity (Wildman–Crippen MR) is 80.8 cm³/mol. The average molecular weight is 319 g/mol. The van der Waals surface area contributed by atoms with Crippen molar-refractivity contribution in [2.24, 2.45) is 0 Å². The number of rotatable bonds is 8. The Hall–Kier alpha value is -1.32. The van der Waals surface area contributed by atoms with Crippen LogP contribution in [0.5, 0.6) is 0 Å². The summed E-state index contributed by atoms with van der Waals surface area (Å²) >= 11 is 1.63. The number of thioether (sulfide) groups is 1. The molecule has 0 unspecified atom stereocenters. The predicted octanol–water partition coefficient (Wildman–Crippen LogP) is 1.67. The molecule has 1 aromatic carbocycles. The molecule has 0 radical (unpaired) electrons. The summed E-state index contributed by atoms with van der Waals surface area (Å²) < 4.78 is 26.8. The summed E-state index contributed by atoms with van der Waals surface area (Å²) in [6, 6.07) is 3.70. The number of sulfonamides is 1. The summed E-state index contributed by atoms with van der Waals surface area (Å²) in [5.74, 6) is 0.844. The second-order valence-electron chi connectivity index (χ2n) is 3.93. The van der Waals surface area contributed by atoms with Crippen LogP contribution in [-0.4, -0.2) is 38.9 Å². The number of hydrogen-bond donors (Lipinski definition) is 2. The molecule has 0 amide bonds. The minimum absolute atomic E-state index is 0.113. The van der Waals surface area contributed by atoms with Gasteiger partial charge in [0.05, 0.1) is 10.6 Å². The molecule has 0 aliphatic rings. The second kappa shape index (κ2) is 7.46. The highest BCUT2D eigenvalue weighted by Gasteiger charge is 2.21. The number of hydrogen-bond acceptors (Lipinski definition) is 6. The van der Waals surface area contributed by atoms with Crippen LogP contribution in [0.15, 0.2) is 23.1 Å². The van der Waals surface area contributed by atoms with E-state index in [9.17, 15) is 18.5 Å². The van der Waals surface area contributed by atoms with Crippen molar-refractivity contribution in [1.29, 1.82) is 0 Å². The fraction of sp³-hybridized carbons (Fsp3) is 0.455. The maximum atomic E-state index is 12.2. The van der Waals surface area contributed by atoms with Crippen molar-refractivity contribution in [3.63, 3.8) is 0 Å². The first-order chi connectivity index (χ1) is 9.42. The van der Waals surface area contributed by atoms with Gasteiger partial charge < -0.3 is 5.32 Å². The first kappa shape index (κ1) is 16.7. The van der Waals surface area contributed by atoms with Crippen LogP contribution in [0.3, 0.4) is 0 Å². The number of non-ortho nitro benzene ring substituents is 1. The van der Waals surface area contributed by atoms with Crippen molar-refractivity contribution in [1.82, 2.24) is 4.72 Å². The summed E-state index contributed by atoms with van der Waals surface area (Å²) in [7, 11) is -2.20. The minimum atomic E-state index is -3.77. The third-order valence-corrected chi connectivity index (χ3v) is 4.75. The van der Waals surface area contributed by atoms with Gasteiger partial charge in [-0.1, -0.05) is 0 Å². The van der Waals surface area contributed by atoms with Gasteiger partial charge in [0, 0.05) is 25.7 Å². The van der Waals surface area contributed by atoms with Gasteiger partial charge in [-0.25, -0.2) is 13.1 Å². The lowest BCUT2D eigenvalue weighted by atomic mass is 10.3. The van der Waals surface area contributed by atoms with Crippen LogP contribution in [0.25, 0.3) is 0 Å². The molecule has 1 aromatic rings. The van der Waals surface area contributed by atoms with Gasteiger partial charge in [0.2, 0.25) is 10.0 Å². The molecule has 9 heteroatoms. The fourth-order valence-electron chi connectivity index (χ4n) is 1.55. The fourth-order valence-corrected chi connectivity index (χ4v) is 3.29. The lowest BCUT2D eigenvalue weighted by molar-refractivity contribution is -0.385. The largest absolute Gasteiger partial charge is 0.387 e. The van der Waals surface area contributed by atoms with Gasteiger partial charge in [-0.3, -0.25) is 10.1 Å². The normalized spacial score (nSPS) is 11.3. The Labute approximate surface area is 122 Å². The molecule has 0 saturated carbocycles. The molecule has 1 rings (SSSR count). The molecule has 0 aliphatic heterocycles. The SMILES string of the molecule is CNc1ccc([N+](=O)[O-])cc1S(=O)(=O)NCCCSC. The zero-order chi connectivity index (χ0) is 15.2. The number of nitro benzene ring substituents is 1. The lowest BCUT2D eigenvalue weighted by Gasteiger charge is -2.11. The Balaban J connectivity index is 3.02. The molecule has 0 spiro atoms. The summed E-state index contributed by atoms with van der Waals surface area (Å²) in [5, 5.41) is 13.5. The molecule has 20 heavy (non-hydrogen) atoms. The molecule has 0 saturated heterocycles. The average Bonchev–Trinajstić information content (AvgIpc) is 2.42. The molecule has 0 bridgehead atoms. The number of nitrogens with one attached hydrogen (secondary N) is 2. The van der Waals surface area contributed by atoms with E-state index in [1.807, 2.05) is 6.26 Å². The second-order valence-corrected chi connectivity index (χ2v) is 6.65. The van der Waals surface area contributed by atoms with Crippen molar-refractivity contribution in [2.45, 2.75) is 11.3 Å². The Morgan fingerprint density at radius 2 is 2.10 bits per heavy atom. The molecule has 0 aliphatic carbocycles. The molecule has 112 valence electrons. The Bertz CT molecular complexity index is 575. The number of benzene rings is 1. The zero-order valence-electron chi connectivity index (χ0n) is 11.3. The summed E-state index contributed by atoms with van der Waals surface area (Å²) in [6.45, 7) is 0.301. The highest BCUT2D eigenvalue weighted by Crippen LogP contribution is 2.25. The highest BCUT2D eigenvalue weighted by atomic mass is 32.2. The smallest absolute Gasteiger partial charge is 0.270 e. The van der Waals surface area contributed by atoms with Gasteiger partial charge in [-0.05, 0) is 24.5 Å². The number of nitrogens with zero attached hydrogens (tertiary/aromatic N) is 1. The lowest BCUT2D eigenvalue weighted by Crippen LogP contribution is -2.26. The third-order valence-electron chi connectivity index (χ3n) is 2.55. The standard InChI is InChI=1S/C11H17N3O4S2/c1-12-10-5-4-9(14(15)16)8-11(10)20(17,18)13-6-3-7-19-2/h4-5,8,12-13H,3,6-7H2,1-2H3. The van der Waals surface area contributed by atoms with Crippen LogP contribution in [-0.2, 0) is 10.0 Å². The number of nitro groups is 1. The molecule has 0 atom stereocenters. The number of anilines is 1. The van der Waals surface area contributed by atoms with Gasteiger partial charge in [0.1, 0.15) is 4.90 Å². The Morgan fingerprint density at radius 1 is 1.40 bits per heavy atom. The van der Waals surface area contributed by atoms with Crippen molar-refractivity contribution in [2.75, 3.05) is 30.9 Å². The maximum Gasteiger partial charge on any atom is 0.270 e. The van der Waals surface area contributed by atoms with Gasteiger partial charge in [0.15, 0.2) is 0 Å². The molecule has 2 N–H and O–H groups in total. The minimum Gasteiger partial charge on any atom is -0.387 e. The first-order valence-electron chi connectivity index (χ1n) is 5.87. The van der Waals surface area contributed by atoms with E-state index in [1.54, 1.807) is 18.8 Å². The maximum absolute atomic E-state index is 12.2. The van der Waals surface area contributed by atoms with E-state index in [-0.39, 0.29) is 10.6 Å². The Kier molecular flexibility index (Phi) is 6.24. The van der Waals surface area contributed by atoms with Gasteiger partial charge >= 0.3 is 0 Å². The molecular formula is C11H17N3O4S2. The van der Waals surface area contributed by atoms with Gasteiger partial charge in [-0.15, -0.1) is 0 Å². The highest BCUT2D eigenvalue weighted by molar-refractivity contribution is 7.98. The van der Waals surface area contributed by atoms with Crippen molar-refractivity contribution < 1.29 is 13.3 Å². The van der Waals surface area contributed by atoms with Crippen LogP contribution in [0.4, 0.5) is 11.4 Å². The first-order valence-corrected chi connectivity index (χ1v) is 8.75. The van der Waals surface area contributed by atoms with Crippen LogP contribution >= 0.6 is 11.8 Å². The van der Waals surface area contributed by atoms with Crippen LogP contribution in [0.2, 0.25) is 0 Å². The summed E-state index contributed by atoms with van der Waals surface area (Å²) in [6.07, 6.45) is 2.64. The van der Waals surface area contributed by atoms with Crippen molar-refractivity contribution in [3.8, 4) is 0 Å². The van der Waals surface area contributed by atoms with Gasteiger partial charge in [0.25, 0.3) is 5.69 Å². The van der Waals surface area contributed by atoms with Crippen LogP contribution < -0.4 is 10.0 Å². The zero-order valence-corrected chi connectivity index (χ0v) is 12.9. The Morgan fingerprint density at radius 3 is 2.65 bits per heavy atom. The molecule has 0 aromatic heterocycles. The summed E-state index contributed by atoms with van der Waals surface area (Å²) in [4.78, 5) is 10.0. The molecule has 0 fully saturated rings. The van der Waals surface area contributed by atoms with E-state index < -0.39 is 14.9 Å². The van der Waals surface area contributed by atoms with Gasteiger partial charge in [-0.2, -0.15) is 11.8 Å². The van der Waals surface area contributed by atoms with Crippen molar-refractivity contribution in [3.05, 3.63) is 28.3 Å². The van der Waals surface area contributed by atoms with E-state index in [4.69, 9.17) is 0 Å². The topological polar surface area (TPSA) is 101 Å². The van der Waals surface area contributed by atoms with E-state index in [1.165, 1.54) is 12.1 Å². The van der Waals surface area contributed by atoms with E-state index in [0.29, 0.717) is 18.7 Å².